The molecule has 2 rings (SSSR count). The van der Waals surface area contributed by atoms with Crippen LogP contribution in [-0.4, -0.2) is 24.2 Å². The van der Waals surface area contributed by atoms with Gasteiger partial charge in [0.25, 0.3) is 0 Å². The average molecular weight is 268 g/mol. The predicted molar refractivity (Wildman–Crippen MR) is 73.3 cm³/mol. The van der Waals surface area contributed by atoms with Crippen LogP contribution in [0, 0.1) is 5.41 Å². The first kappa shape index (κ1) is 13.2. The van der Waals surface area contributed by atoms with Crippen molar-refractivity contribution < 1.29 is 9.90 Å². The van der Waals surface area contributed by atoms with Gasteiger partial charge in [-0.15, -0.1) is 0 Å². The number of nitrogens with zero attached hydrogens (tertiary/aromatic N) is 1. The van der Waals surface area contributed by atoms with E-state index >= 15 is 0 Å². The summed E-state index contributed by atoms with van der Waals surface area (Å²) in [5, 5.41) is 9.66. The number of piperidine rings is 1. The van der Waals surface area contributed by atoms with Crippen LogP contribution in [0.25, 0.3) is 0 Å². The Labute approximate surface area is 112 Å². The Morgan fingerprint density at radius 2 is 1.89 bits per heavy atom. The second-order valence-electron chi connectivity index (χ2n) is 5.34. The van der Waals surface area contributed by atoms with Gasteiger partial charge in [-0.1, -0.05) is 18.5 Å². The van der Waals surface area contributed by atoms with Gasteiger partial charge >= 0.3 is 5.97 Å². The van der Waals surface area contributed by atoms with E-state index < -0.39 is 5.97 Å². The standard InChI is InChI=1S/C14H18ClNO2/c1-14(10-13(17)18)6-8-16(9-7-14)12-4-2-11(15)3-5-12/h2-5H,6-10H2,1H3,(H,17,18). The maximum absolute atomic E-state index is 10.8. The number of benzene rings is 1. The smallest absolute Gasteiger partial charge is 0.303 e. The fraction of sp³-hybridized carbons (Fsp3) is 0.500. The van der Waals surface area contributed by atoms with Gasteiger partial charge in [-0.2, -0.15) is 0 Å². The SMILES string of the molecule is CC1(CC(=O)O)CCN(c2ccc(Cl)cc2)CC1. The number of carboxylic acids is 1. The molecule has 0 bridgehead atoms. The van der Waals surface area contributed by atoms with Crippen molar-refractivity contribution >= 4 is 23.3 Å². The molecule has 1 aromatic rings. The van der Waals surface area contributed by atoms with E-state index in [-0.39, 0.29) is 11.8 Å². The predicted octanol–water partition coefficient (Wildman–Crippen LogP) is 3.42. The molecule has 0 unspecified atom stereocenters. The number of halogens is 1. The second kappa shape index (κ2) is 5.19. The van der Waals surface area contributed by atoms with Crippen molar-refractivity contribution in [2.75, 3.05) is 18.0 Å². The molecule has 18 heavy (non-hydrogen) atoms. The largest absolute Gasteiger partial charge is 0.481 e. The maximum Gasteiger partial charge on any atom is 0.303 e. The van der Waals surface area contributed by atoms with Crippen LogP contribution in [0.2, 0.25) is 5.02 Å². The number of carboxylic acid groups (broad SMARTS) is 1. The minimum absolute atomic E-state index is 0.0608. The molecular weight excluding hydrogens is 250 g/mol. The highest BCUT2D eigenvalue weighted by molar-refractivity contribution is 6.30. The lowest BCUT2D eigenvalue weighted by atomic mass is 9.77. The summed E-state index contributed by atoms with van der Waals surface area (Å²) >= 11 is 5.87. The van der Waals surface area contributed by atoms with Crippen molar-refractivity contribution in [3.63, 3.8) is 0 Å². The summed E-state index contributed by atoms with van der Waals surface area (Å²) in [6, 6.07) is 7.81. The Balaban J connectivity index is 1.98. The van der Waals surface area contributed by atoms with Crippen LogP contribution in [-0.2, 0) is 4.79 Å². The lowest BCUT2D eigenvalue weighted by molar-refractivity contribution is -0.139. The van der Waals surface area contributed by atoms with E-state index in [1.165, 1.54) is 0 Å². The van der Waals surface area contributed by atoms with Crippen molar-refractivity contribution in [2.45, 2.75) is 26.2 Å². The molecule has 0 amide bonds. The Morgan fingerprint density at radius 1 is 1.33 bits per heavy atom. The Kier molecular flexibility index (Phi) is 3.81. The minimum Gasteiger partial charge on any atom is -0.481 e. The fourth-order valence-electron chi connectivity index (χ4n) is 2.50. The Hall–Kier alpha value is -1.22. The highest BCUT2D eigenvalue weighted by atomic mass is 35.5. The normalized spacial score (nSPS) is 18.7. The molecule has 98 valence electrons. The molecule has 0 aliphatic carbocycles. The van der Waals surface area contributed by atoms with Crippen molar-refractivity contribution in [3.8, 4) is 0 Å². The first-order valence-corrected chi connectivity index (χ1v) is 6.59. The molecule has 1 aliphatic heterocycles. The van der Waals surface area contributed by atoms with Crippen LogP contribution in [0.15, 0.2) is 24.3 Å². The van der Waals surface area contributed by atoms with Crippen LogP contribution in [0.3, 0.4) is 0 Å². The zero-order valence-electron chi connectivity index (χ0n) is 10.5. The van der Waals surface area contributed by atoms with E-state index in [9.17, 15) is 4.79 Å². The molecule has 1 saturated heterocycles. The van der Waals surface area contributed by atoms with Gasteiger partial charge in [-0.3, -0.25) is 4.79 Å². The van der Waals surface area contributed by atoms with E-state index in [0.29, 0.717) is 0 Å². The first-order chi connectivity index (χ1) is 8.48. The third-order valence-electron chi connectivity index (χ3n) is 3.74. The molecular formula is C14H18ClNO2. The second-order valence-corrected chi connectivity index (χ2v) is 5.78. The zero-order chi connectivity index (χ0) is 13.2. The average Bonchev–Trinajstić information content (AvgIpc) is 2.30. The molecule has 1 heterocycles. The van der Waals surface area contributed by atoms with Crippen molar-refractivity contribution in [2.24, 2.45) is 5.41 Å². The van der Waals surface area contributed by atoms with Crippen molar-refractivity contribution in [3.05, 3.63) is 29.3 Å². The lowest BCUT2D eigenvalue weighted by Crippen LogP contribution is -2.39. The van der Waals surface area contributed by atoms with Crippen LogP contribution in [0.4, 0.5) is 5.69 Å². The minimum atomic E-state index is -0.697. The molecule has 0 spiro atoms. The van der Waals surface area contributed by atoms with E-state index in [0.717, 1.165) is 36.6 Å². The monoisotopic (exact) mass is 267 g/mol. The summed E-state index contributed by atoms with van der Waals surface area (Å²) in [6.07, 6.45) is 2.10. The third-order valence-corrected chi connectivity index (χ3v) is 3.99. The number of hydrogen-bond donors (Lipinski definition) is 1. The van der Waals surface area contributed by atoms with E-state index in [1.54, 1.807) is 0 Å². The fourth-order valence-corrected chi connectivity index (χ4v) is 2.62. The molecule has 0 saturated carbocycles. The summed E-state index contributed by atoms with van der Waals surface area (Å²) in [5.41, 5.74) is 1.10. The summed E-state index contributed by atoms with van der Waals surface area (Å²) in [6.45, 7) is 3.89. The first-order valence-electron chi connectivity index (χ1n) is 6.21. The molecule has 0 aromatic heterocycles. The molecule has 0 radical (unpaired) electrons. The van der Waals surface area contributed by atoms with Crippen LogP contribution < -0.4 is 4.90 Å². The summed E-state index contributed by atoms with van der Waals surface area (Å²) < 4.78 is 0. The lowest BCUT2D eigenvalue weighted by Gasteiger charge is -2.39. The van der Waals surface area contributed by atoms with Gasteiger partial charge in [0.1, 0.15) is 0 Å². The van der Waals surface area contributed by atoms with Gasteiger partial charge < -0.3 is 10.0 Å². The summed E-state index contributed by atoms with van der Waals surface area (Å²) in [4.78, 5) is 13.1. The number of carbonyl (C=O) groups is 1. The highest BCUT2D eigenvalue weighted by Crippen LogP contribution is 2.36. The zero-order valence-corrected chi connectivity index (χ0v) is 11.3. The van der Waals surface area contributed by atoms with E-state index in [2.05, 4.69) is 11.8 Å². The molecule has 1 N–H and O–H groups in total. The Bertz CT molecular complexity index is 422. The number of hydrogen-bond acceptors (Lipinski definition) is 2. The van der Waals surface area contributed by atoms with Crippen LogP contribution in [0.1, 0.15) is 26.2 Å². The van der Waals surface area contributed by atoms with Gasteiger partial charge in [0.05, 0.1) is 6.42 Å². The van der Waals surface area contributed by atoms with Crippen molar-refractivity contribution in [1.29, 1.82) is 0 Å². The number of anilines is 1. The molecule has 3 nitrogen and oxygen atoms in total. The molecule has 1 aliphatic rings. The van der Waals surface area contributed by atoms with Crippen molar-refractivity contribution in [1.82, 2.24) is 0 Å². The van der Waals surface area contributed by atoms with Gasteiger partial charge in [0.15, 0.2) is 0 Å². The third kappa shape index (κ3) is 3.16. The Morgan fingerprint density at radius 3 is 2.39 bits per heavy atom. The summed E-state index contributed by atoms with van der Waals surface area (Å²) in [7, 11) is 0. The summed E-state index contributed by atoms with van der Waals surface area (Å²) in [5.74, 6) is -0.697. The molecule has 1 aromatic carbocycles. The quantitative estimate of drug-likeness (QED) is 0.912. The molecule has 1 fully saturated rings. The number of aliphatic carboxylic acids is 1. The van der Waals surface area contributed by atoms with Gasteiger partial charge in [0.2, 0.25) is 0 Å². The van der Waals surface area contributed by atoms with Gasteiger partial charge in [0, 0.05) is 23.8 Å². The highest BCUT2D eigenvalue weighted by Gasteiger charge is 2.32. The van der Waals surface area contributed by atoms with E-state index in [4.69, 9.17) is 16.7 Å². The molecule has 0 atom stereocenters. The van der Waals surface area contributed by atoms with Crippen LogP contribution >= 0.6 is 11.6 Å². The maximum atomic E-state index is 10.8. The molecule has 4 heteroatoms. The number of rotatable bonds is 3. The van der Waals surface area contributed by atoms with Crippen LogP contribution in [0.5, 0.6) is 0 Å². The topological polar surface area (TPSA) is 40.5 Å². The van der Waals surface area contributed by atoms with Gasteiger partial charge in [-0.25, -0.2) is 0 Å². The van der Waals surface area contributed by atoms with E-state index in [1.807, 2.05) is 24.3 Å². The van der Waals surface area contributed by atoms with Gasteiger partial charge in [-0.05, 0) is 42.5 Å².